The summed E-state index contributed by atoms with van der Waals surface area (Å²) in [5, 5.41) is 0. The molecule has 0 bridgehead atoms. The van der Waals surface area contributed by atoms with Gasteiger partial charge in [0.1, 0.15) is 10.4 Å². The normalized spacial score (nSPS) is 12.6. The molecule has 1 aromatic rings. The van der Waals surface area contributed by atoms with E-state index in [1.165, 1.54) is 12.8 Å². The van der Waals surface area contributed by atoms with Gasteiger partial charge in [0.15, 0.2) is 0 Å². The van der Waals surface area contributed by atoms with Crippen LogP contribution in [0.4, 0.5) is 5.82 Å². The lowest BCUT2D eigenvalue weighted by molar-refractivity contribution is 0.611. The molecule has 0 spiro atoms. The smallest absolute Gasteiger partial charge is 0.129 e. The van der Waals surface area contributed by atoms with Crippen molar-refractivity contribution in [3.8, 4) is 0 Å². The second-order valence-electron chi connectivity index (χ2n) is 3.57. The highest BCUT2D eigenvalue weighted by Gasteiger charge is 2.09. The van der Waals surface area contributed by atoms with Gasteiger partial charge in [-0.15, -0.1) is 0 Å². The summed E-state index contributed by atoms with van der Waals surface area (Å²) in [7, 11) is 2.09. The Hall–Kier alpha value is -0.570. The Bertz CT molecular complexity index is 288. The van der Waals surface area contributed by atoms with E-state index in [0.717, 1.165) is 10.4 Å². The monoisotopic (exact) mass is 256 g/mol. The molecule has 0 amide bonds. The predicted molar refractivity (Wildman–Crippen MR) is 64.7 cm³/mol. The number of aromatic nitrogens is 1. The lowest BCUT2D eigenvalue weighted by Gasteiger charge is -2.25. The topological polar surface area (TPSA) is 16.1 Å². The Labute approximate surface area is 94.5 Å². The van der Waals surface area contributed by atoms with Gasteiger partial charge in [0.25, 0.3) is 0 Å². The fourth-order valence-corrected chi connectivity index (χ4v) is 1.77. The minimum Gasteiger partial charge on any atom is -0.357 e. The quantitative estimate of drug-likeness (QED) is 0.768. The van der Waals surface area contributed by atoms with Crippen LogP contribution in [0.25, 0.3) is 0 Å². The summed E-state index contributed by atoms with van der Waals surface area (Å²) >= 11 is 3.38. The number of hydrogen-bond acceptors (Lipinski definition) is 2. The third-order valence-electron chi connectivity index (χ3n) is 2.43. The number of anilines is 1. The van der Waals surface area contributed by atoms with Crippen LogP contribution >= 0.6 is 15.9 Å². The molecule has 1 unspecified atom stereocenters. The Balaban J connectivity index is 2.73. The first-order chi connectivity index (χ1) is 6.65. The van der Waals surface area contributed by atoms with Gasteiger partial charge >= 0.3 is 0 Å². The molecule has 1 atom stereocenters. The van der Waals surface area contributed by atoms with Crippen LogP contribution in [0.15, 0.2) is 22.8 Å². The molecule has 0 aromatic carbocycles. The molecule has 1 aromatic heterocycles. The van der Waals surface area contributed by atoms with Crippen molar-refractivity contribution < 1.29 is 0 Å². The van der Waals surface area contributed by atoms with Gasteiger partial charge in [0.05, 0.1) is 0 Å². The Kier molecular flexibility index (Phi) is 4.39. The maximum absolute atomic E-state index is 4.42. The van der Waals surface area contributed by atoms with Crippen molar-refractivity contribution in [3.63, 3.8) is 0 Å². The molecule has 0 saturated carbocycles. The van der Waals surface area contributed by atoms with Crippen molar-refractivity contribution in [1.29, 1.82) is 0 Å². The summed E-state index contributed by atoms with van der Waals surface area (Å²) in [6.07, 6.45) is 2.41. The van der Waals surface area contributed by atoms with Gasteiger partial charge in [-0.3, -0.25) is 0 Å². The SMILES string of the molecule is CCCC(C)N(C)c1cccc(Br)n1. The van der Waals surface area contributed by atoms with Gasteiger partial charge in [0.2, 0.25) is 0 Å². The lowest BCUT2D eigenvalue weighted by atomic mass is 10.2. The van der Waals surface area contributed by atoms with Gasteiger partial charge in [-0.25, -0.2) is 4.98 Å². The molecule has 2 nitrogen and oxygen atoms in total. The van der Waals surface area contributed by atoms with Crippen LogP contribution in [0.1, 0.15) is 26.7 Å². The molecule has 0 radical (unpaired) electrons. The number of rotatable bonds is 4. The minimum absolute atomic E-state index is 0.543. The molecule has 0 fully saturated rings. The molecule has 78 valence electrons. The summed E-state index contributed by atoms with van der Waals surface area (Å²) in [4.78, 5) is 6.64. The van der Waals surface area contributed by atoms with Crippen LogP contribution in [0, 0.1) is 0 Å². The van der Waals surface area contributed by atoms with Crippen LogP contribution in [-0.4, -0.2) is 18.1 Å². The van der Waals surface area contributed by atoms with E-state index in [2.05, 4.69) is 46.7 Å². The maximum Gasteiger partial charge on any atom is 0.129 e. The summed E-state index contributed by atoms with van der Waals surface area (Å²) < 4.78 is 0.894. The van der Waals surface area contributed by atoms with Crippen molar-refractivity contribution in [2.75, 3.05) is 11.9 Å². The average Bonchev–Trinajstić information content (AvgIpc) is 2.17. The zero-order chi connectivity index (χ0) is 10.6. The van der Waals surface area contributed by atoms with Crippen molar-refractivity contribution in [1.82, 2.24) is 4.98 Å². The van der Waals surface area contributed by atoms with E-state index in [1.54, 1.807) is 0 Å². The first kappa shape index (κ1) is 11.5. The van der Waals surface area contributed by atoms with Gasteiger partial charge in [-0.2, -0.15) is 0 Å². The van der Waals surface area contributed by atoms with Crippen LogP contribution in [-0.2, 0) is 0 Å². The first-order valence-corrected chi connectivity index (χ1v) is 5.79. The van der Waals surface area contributed by atoms with Gasteiger partial charge < -0.3 is 4.90 Å². The molecule has 1 heterocycles. The summed E-state index contributed by atoms with van der Waals surface area (Å²) in [5.74, 6) is 1.03. The average molecular weight is 257 g/mol. The highest BCUT2D eigenvalue weighted by Crippen LogP contribution is 2.17. The Morgan fingerprint density at radius 1 is 1.50 bits per heavy atom. The standard InChI is InChI=1S/C11H17BrN2/c1-4-6-9(2)14(3)11-8-5-7-10(12)13-11/h5,7-9H,4,6H2,1-3H3. The molecule has 0 aliphatic carbocycles. The predicted octanol–water partition coefficient (Wildman–Crippen LogP) is 3.47. The van der Waals surface area contributed by atoms with E-state index in [4.69, 9.17) is 0 Å². The van der Waals surface area contributed by atoms with E-state index < -0.39 is 0 Å². The summed E-state index contributed by atoms with van der Waals surface area (Å²) in [6.45, 7) is 4.44. The minimum atomic E-state index is 0.543. The van der Waals surface area contributed by atoms with Gasteiger partial charge in [0, 0.05) is 13.1 Å². The van der Waals surface area contributed by atoms with Crippen LogP contribution in [0.3, 0.4) is 0 Å². The third kappa shape index (κ3) is 2.98. The summed E-state index contributed by atoms with van der Waals surface area (Å²) in [5.41, 5.74) is 0. The highest BCUT2D eigenvalue weighted by molar-refractivity contribution is 9.10. The molecule has 14 heavy (non-hydrogen) atoms. The second kappa shape index (κ2) is 5.35. The highest BCUT2D eigenvalue weighted by atomic mass is 79.9. The zero-order valence-corrected chi connectivity index (χ0v) is 10.6. The molecule has 0 N–H and O–H groups in total. The third-order valence-corrected chi connectivity index (χ3v) is 2.87. The fourth-order valence-electron chi connectivity index (χ4n) is 1.43. The van der Waals surface area contributed by atoms with E-state index in [0.29, 0.717) is 6.04 Å². The fraction of sp³-hybridized carbons (Fsp3) is 0.545. The largest absolute Gasteiger partial charge is 0.357 e. The van der Waals surface area contributed by atoms with E-state index in [-0.39, 0.29) is 0 Å². The van der Waals surface area contributed by atoms with E-state index >= 15 is 0 Å². The number of halogens is 1. The molecule has 0 aliphatic heterocycles. The molecule has 3 heteroatoms. The molecule has 0 aliphatic rings. The molecular formula is C11H17BrN2. The van der Waals surface area contributed by atoms with Crippen LogP contribution in [0.5, 0.6) is 0 Å². The molecular weight excluding hydrogens is 240 g/mol. The lowest BCUT2D eigenvalue weighted by Crippen LogP contribution is -2.29. The first-order valence-electron chi connectivity index (χ1n) is 5.00. The molecule has 0 saturated heterocycles. The van der Waals surface area contributed by atoms with E-state index in [1.807, 2.05) is 18.2 Å². The number of pyridine rings is 1. The zero-order valence-electron chi connectivity index (χ0n) is 9.00. The van der Waals surface area contributed by atoms with Crippen molar-refractivity contribution >= 4 is 21.7 Å². The van der Waals surface area contributed by atoms with Crippen molar-refractivity contribution in [2.45, 2.75) is 32.7 Å². The van der Waals surface area contributed by atoms with Crippen molar-refractivity contribution in [3.05, 3.63) is 22.8 Å². The van der Waals surface area contributed by atoms with Crippen LogP contribution < -0.4 is 4.90 Å². The number of hydrogen-bond donors (Lipinski definition) is 0. The maximum atomic E-state index is 4.42. The van der Waals surface area contributed by atoms with Crippen molar-refractivity contribution in [2.24, 2.45) is 0 Å². The number of nitrogens with zero attached hydrogens (tertiary/aromatic N) is 2. The Morgan fingerprint density at radius 3 is 2.79 bits per heavy atom. The Morgan fingerprint density at radius 2 is 2.21 bits per heavy atom. The van der Waals surface area contributed by atoms with Gasteiger partial charge in [-0.05, 0) is 41.4 Å². The molecule has 1 rings (SSSR count). The van der Waals surface area contributed by atoms with Gasteiger partial charge in [-0.1, -0.05) is 19.4 Å². The van der Waals surface area contributed by atoms with E-state index in [9.17, 15) is 0 Å². The van der Waals surface area contributed by atoms with Crippen LogP contribution in [0.2, 0.25) is 0 Å². The summed E-state index contributed by atoms with van der Waals surface area (Å²) in [6, 6.07) is 6.54. The second-order valence-corrected chi connectivity index (χ2v) is 4.38.